The van der Waals surface area contributed by atoms with Gasteiger partial charge in [-0.1, -0.05) is 111 Å². The molecule has 2 unspecified atom stereocenters. The van der Waals surface area contributed by atoms with Crippen LogP contribution in [0.5, 0.6) is 17.2 Å². The molecular formula is C66H88O12. The summed E-state index contributed by atoms with van der Waals surface area (Å²) in [7, 11) is 0. The number of hydrogen-bond donors (Lipinski definition) is 2. The Bertz CT molecular complexity index is 2650. The van der Waals surface area contributed by atoms with Crippen LogP contribution in [0.25, 0.3) is 0 Å². The second kappa shape index (κ2) is 33.1. The number of ether oxygens (including phenoxy) is 4. The monoisotopic (exact) mass is 1070 g/mol. The topological polar surface area (TPSA) is 180 Å². The minimum Gasteiger partial charge on any atom is -0.507 e. The molecule has 2 N–H and O–H groups in total. The average Bonchev–Trinajstić information content (AvgIpc) is 3.44. The fourth-order valence-electron chi connectivity index (χ4n) is 9.67. The molecular weight excluding hydrogens is 985 g/mol. The predicted octanol–water partition coefficient (Wildman–Crippen LogP) is 14.0. The highest BCUT2D eigenvalue weighted by atomic mass is 16.6. The Morgan fingerprint density at radius 2 is 0.974 bits per heavy atom. The first kappa shape index (κ1) is 64.1. The summed E-state index contributed by atoms with van der Waals surface area (Å²) in [6, 6.07) is 10.4. The lowest BCUT2D eigenvalue weighted by Crippen LogP contribution is -2.25. The van der Waals surface area contributed by atoms with E-state index in [2.05, 4.69) is 47.4 Å². The van der Waals surface area contributed by atoms with E-state index in [-0.39, 0.29) is 118 Å². The standard InChI is InChI=1S/C66H88O12/c1-11-15-19-23-57(67)45(9)32-50-40-54-38-49(60(70)26-22-18-14-4)39-56(65(54)76-28-27-75-61(71)31-43(5)6)42-52-35-47(58(68)24-20-16-12-2)34-51(63(52)73)41-55-37-48(59(69)25-21-17-13-3)36-53(33-46(10)62(50)72)64(55)77-29-30-78-66(74)44(7)8/h32,34-39,46,62,72-73H,5,7,9,11-31,33,40-42H2,1-4,6,8,10H3/b50-32-. The van der Waals surface area contributed by atoms with Crippen LogP contribution in [0, 0.1) is 5.92 Å². The molecule has 0 aromatic heterocycles. The zero-order valence-corrected chi connectivity index (χ0v) is 48.0. The molecule has 6 bridgehead atoms. The van der Waals surface area contributed by atoms with Crippen LogP contribution in [0.2, 0.25) is 0 Å². The highest BCUT2D eigenvalue weighted by molar-refractivity contribution is 5.99. The summed E-state index contributed by atoms with van der Waals surface area (Å²) < 4.78 is 24.2. The van der Waals surface area contributed by atoms with E-state index in [1.54, 1.807) is 56.3 Å². The maximum absolute atomic E-state index is 14.3. The summed E-state index contributed by atoms with van der Waals surface area (Å²) in [6.07, 6.45) is 11.4. The van der Waals surface area contributed by atoms with Crippen molar-refractivity contribution in [1.82, 2.24) is 0 Å². The lowest BCUT2D eigenvalue weighted by Gasteiger charge is -2.27. The molecule has 0 saturated carbocycles. The quantitative estimate of drug-likeness (QED) is 0.0199. The molecule has 0 heterocycles. The smallest absolute Gasteiger partial charge is 0.333 e. The fourth-order valence-corrected chi connectivity index (χ4v) is 9.67. The van der Waals surface area contributed by atoms with E-state index in [0.29, 0.717) is 105 Å². The summed E-state index contributed by atoms with van der Waals surface area (Å²) in [6.45, 7) is 24.7. The van der Waals surface area contributed by atoms with Crippen molar-refractivity contribution >= 4 is 35.1 Å². The van der Waals surface area contributed by atoms with Crippen LogP contribution in [0.3, 0.4) is 0 Å². The van der Waals surface area contributed by atoms with E-state index in [9.17, 15) is 39.0 Å². The number of ketones is 4. The minimum atomic E-state index is -1.24. The van der Waals surface area contributed by atoms with E-state index < -0.39 is 24.0 Å². The molecule has 0 aliphatic heterocycles. The molecule has 0 amide bonds. The highest BCUT2D eigenvalue weighted by Crippen LogP contribution is 2.40. The fraction of sp³-hybridized carbons (Fsp3) is 0.515. The second-order valence-corrected chi connectivity index (χ2v) is 21.3. The van der Waals surface area contributed by atoms with Gasteiger partial charge in [-0.3, -0.25) is 24.0 Å². The average molecular weight is 1070 g/mol. The molecule has 12 nitrogen and oxygen atoms in total. The van der Waals surface area contributed by atoms with Crippen LogP contribution < -0.4 is 9.47 Å². The number of aliphatic hydroxyl groups excluding tert-OH is 1. The molecule has 3 aromatic rings. The number of carbonyl (C=O) groups excluding carboxylic acids is 6. The normalized spacial score (nSPS) is 14.8. The van der Waals surface area contributed by atoms with Gasteiger partial charge in [-0.15, -0.1) is 0 Å². The molecule has 0 spiro atoms. The third-order valence-electron chi connectivity index (χ3n) is 14.0. The maximum atomic E-state index is 14.3. The minimum absolute atomic E-state index is 0.00104. The van der Waals surface area contributed by atoms with Gasteiger partial charge in [-0.25, -0.2) is 4.79 Å². The molecule has 1 aliphatic carbocycles. The molecule has 0 saturated heterocycles. The molecule has 1 aliphatic rings. The van der Waals surface area contributed by atoms with E-state index >= 15 is 0 Å². The van der Waals surface area contributed by atoms with Gasteiger partial charge in [0.25, 0.3) is 0 Å². The van der Waals surface area contributed by atoms with Crippen molar-refractivity contribution in [3.8, 4) is 17.2 Å². The maximum Gasteiger partial charge on any atom is 0.333 e. The number of rotatable bonds is 32. The number of hydrogen-bond acceptors (Lipinski definition) is 12. The van der Waals surface area contributed by atoms with Crippen molar-refractivity contribution in [2.24, 2.45) is 5.92 Å². The SMILES string of the molecule is C=C(C)CC(=O)OCCOc1c2cc(C(=O)CCCCC)cc1Cc1cc(C(=O)CCCCC)cc(c1O)Cc1cc(C(=O)CCCCC)cc(c1OCCOC(=O)C(=C)C)CC(C)C(O)/C(=C\C(=C)C(=O)CCCCC)C2. The number of aliphatic hydroxyl groups is 1. The van der Waals surface area contributed by atoms with Crippen LogP contribution >= 0.6 is 0 Å². The summed E-state index contributed by atoms with van der Waals surface area (Å²) in [5, 5.41) is 25.5. The van der Waals surface area contributed by atoms with Gasteiger partial charge in [0.2, 0.25) is 0 Å². The first-order valence-electron chi connectivity index (χ1n) is 28.6. The van der Waals surface area contributed by atoms with E-state index in [1.165, 1.54) is 0 Å². The van der Waals surface area contributed by atoms with Gasteiger partial charge in [0.05, 0.1) is 12.5 Å². The zero-order chi connectivity index (χ0) is 57.3. The van der Waals surface area contributed by atoms with Crippen LogP contribution in [0.1, 0.15) is 222 Å². The second-order valence-electron chi connectivity index (χ2n) is 21.3. The van der Waals surface area contributed by atoms with E-state index in [1.807, 2.05) is 6.92 Å². The Balaban J connectivity index is 2.15. The Kier molecular flexibility index (Phi) is 27.2. The highest BCUT2D eigenvalue weighted by Gasteiger charge is 2.29. The van der Waals surface area contributed by atoms with Gasteiger partial charge < -0.3 is 29.2 Å². The number of allylic oxidation sites excluding steroid dienone is 2. The van der Waals surface area contributed by atoms with Gasteiger partial charge in [0.15, 0.2) is 23.1 Å². The Morgan fingerprint density at radius 1 is 0.564 bits per heavy atom. The summed E-state index contributed by atoms with van der Waals surface area (Å²) in [5.41, 5.74) is 5.51. The number of benzene rings is 3. The number of carbonyl (C=O) groups is 6. The number of aromatic hydroxyl groups is 1. The lowest BCUT2D eigenvalue weighted by atomic mass is 9.83. The largest absolute Gasteiger partial charge is 0.507 e. The van der Waals surface area contributed by atoms with Crippen molar-refractivity contribution in [1.29, 1.82) is 0 Å². The van der Waals surface area contributed by atoms with Gasteiger partial charge in [-0.05, 0) is 140 Å². The van der Waals surface area contributed by atoms with Crippen LogP contribution in [0.4, 0.5) is 0 Å². The third kappa shape index (κ3) is 20.1. The Morgan fingerprint density at radius 3 is 1.42 bits per heavy atom. The summed E-state index contributed by atoms with van der Waals surface area (Å²) >= 11 is 0. The van der Waals surface area contributed by atoms with Crippen molar-refractivity contribution < 1.29 is 57.9 Å². The first-order valence-corrected chi connectivity index (χ1v) is 28.6. The van der Waals surface area contributed by atoms with E-state index in [0.717, 1.165) is 51.4 Å². The number of esters is 2. The van der Waals surface area contributed by atoms with Gasteiger partial charge in [0.1, 0.15) is 43.7 Å². The number of phenolic OH excluding ortho intramolecular Hbond substituents is 1. The molecule has 3 aromatic carbocycles. The summed E-state index contributed by atoms with van der Waals surface area (Å²) in [4.78, 5) is 81.7. The Hall–Kier alpha value is -6.40. The number of Topliss-reactive ketones (excluding diaryl/α,β-unsaturated/α-hetero) is 4. The van der Waals surface area contributed by atoms with Crippen LogP contribution in [-0.2, 0) is 49.5 Å². The molecule has 2 atom stereocenters. The number of unbranched alkanes of at least 4 members (excludes halogenated alkanes) is 8. The first-order chi connectivity index (χ1) is 37.3. The van der Waals surface area contributed by atoms with Crippen LogP contribution in [0.15, 0.2) is 84.5 Å². The predicted molar refractivity (Wildman–Crippen MR) is 308 cm³/mol. The molecule has 424 valence electrons. The molecule has 0 radical (unpaired) electrons. The van der Waals surface area contributed by atoms with Gasteiger partial charge in [0, 0.05) is 66.4 Å². The summed E-state index contributed by atoms with van der Waals surface area (Å²) in [5.74, 6) is -1.57. The molecule has 0 fully saturated rings. The van der Waals surface area contributed by atoms with Crippen molar-refractivity contribution in [2.75, 3.05) is 26.4 Å². The number of fused-ring (bicyclic) bond motifs is 6. The zero-order valence-electron chi connectivity index (χ0n) is 48.0. The van der Waals surface area contributed by atoms with Gasteiger partial charge >= 0.3 is 11.9 Å². The van der Waals surface area contributed by atoms with Gasteiger partial charge in [-0.2, -0.15) is 0 Å². The van der Waals surface area contributed by atoms with Crippen LogP contribution in [-0.4, -0.2) is 77.8 Å². The lowest BCUT2D eigenvalue weighted by molar-refractivity contribution is -0.143. The molecule has 4 rings (SSSR count). The van der Waals surface area contributed by atoms with Crippen molar-refractivity contribution in [3.05, 3.63) is 135 Å². The number of phenols is 1. The van der Waals surface area contributed by atoms with Crippen molar-refractivity contribution in [2.45, 2.75) is 189 Å². The van der Waals surface area contributed by atoms with Crippen molar-refractivity contribution in [3.63, 3.8) is 0 Å². The molecule has 78 heavy (non-hydrogen) atoms. The third-order valence-corrected chi connectivity index (χ3v) is 14.0. The van der Waals surface area contributed by atoms with E-state index in [4.69, 9.17) is 18.9 Å². The molecule has 12 heteroatoms. The Labute approximate surface area is 464 Å².